The maximum atomic E-state index is 5.94. The Labute approximate surface area is 92.7 Å². The molecular weight excluding hydrogens is 214 g/mol. The van der Waals surface area contributed by atoms with Gasteiger partial charge in [-0.2, -0.15) is 0 Å². The topological polar surface area (TPSA) is 12.9 Å². The number of benzene rings is 1. The Morgan fingerprint density at radius 1 is 0.929 bits per heavy atom. The van der Waals surface area contributed by atoms with Crippen molar-refractivity contribution in [3.05, 3.63) is 26.7 Å². The maximum Gasteiger partial charge on any atom is 0.184 e. The highest BCUT2D eigenvalue weighted by atomic mass is 35.5. The van der Waals surface area contributed by atoms with Crippen LogP contribution < -0.4 is 0 Å². The summed E-state index contributed by atoms with van der Waals surface area (Å²) in [7, 11) is 0. The van der Waals surface area contributed by atoms with Crippen LogP contribution in [-0.4, -0.2) is 4.98 Å². The van der Waals surface area contributed by atoms with Crippen molar-refractivity contribution in [3.8, 4) is 0 Å². The summed E-state index contributed by atoms with van der Waals surface area (Å²) in [5.41, 5.74) is 6.33. The Bertz CT molecular complexity index is 469. The van der Waals surface area contributed by atoms with E-state index in [1.165, 1.54) is 27.0 Å². The third-order valence-electron chi connectivity index (χ3n) is 2.98. The summed E-state index contributed by atoms with van der Waals surface area (Å²) in [4.78, 5) is 4.36. The predicted octanol–water partition coefficient (Wildman–Crippen LogP) is 4.18. The summed E-state index contributed by atoms with van der Waals surface area (Å²) in [6.45, 7) is 8.55. The summed E-state index contributed by atoms with van der Waals surface area (Å²) in [5.74, 6) is 0. The van der Waals surface area contributed by atoms with Crippen LogP contribution in [0.25, 0.3) is 10.2 Å². The van der Waals surface area contributed by atoms with Crippen molar-refractivity contribution in [1.29, 1.82) is 0 Å². The molecule has 1 aromatic heterocycles. The molecule has 0 spiro atoms. The van der Waals surface area contributed by atoms with Crippen molar-refractivity contribution in [3.63, 3.8) is 0 Å². The normalized spacial score (nSPS) is 11.2. The van der Waals surface area contributed by atoms with Gasteiger partial charge in [0.2, 0.25) is 0 Å². The lowest BCUT2D eigenvalue weighted by molar-refractivity contribution is 1.24. The lowest BCUT2D eigenvalue weighted by atomic mass is 9.99. The molecule has 2 rings (SSSR count). The summed E-state index contributed by atoms with van der Waals surface area (Å²) < 4.78 is 1.87. The highest BCUT2D eigenvalue weighted by molar-refractivity contribution is 7.22. The number of rotatable bonds is 0. The third kappa shape index (κ3) is 1.25. The Morgan fingerprint density at radius 2 is 1.50 bits per heavy atom. The zero-order valence-electron chi connectivity index (χ0n) is 8.73. The van der Waals surface area contributed by atoms with Crippen LogP contribution in [0.1, 0.15) is 22.3 Å². The van der Waals surface area contributed by atoms with Crippen LogP contribution in [0.3, 0.4) is 0 Å². The molecule has 1 aromatic carbocycles. The lowest BCUT2D eigenvalue weighted by Gasteiger charge is -2.08. The molecular formula is C11H12ClNS. The summed E-state index contributed by atoms with van der Waals surface area (Å²) >= 11 is 7.51. The zero-order valence-corrected chi connectivity index (χ0v) is 10.3. The lowest BCUT2D eigenvalue weighted by Crippen LogP contribution is -1.91. The van der Waals surface area contributed by atoms with Crippen molar-refractivity contribution in [2.24, 2.45) is 0 Å². The van der Waals surface area contributed by atoms with Crippen LogP contribution in [0.15, 0.2) is 0 Å². The fourth-order valence-electron chi connectivity index (χ4n) is 1.71. The highest BCUT2D eigenvalue weighted by Gasteiger charge is 2.12. The van der Waals surface area contributed by atoms with Gasteiger partial charge < -0.3 is 0 Å². The third-order valence-corrected chi connectivity index (χ3v) is 4.26. The van der Waals surface area contributed by atoms with Gasteiger partial charge in [0.1, 0.15) is 0 Å². The van der Waals surface area contributed by atoms with Crippen molar-refractivity contribution in [1.82, 2.24) is 4.98 Å². The minimum absolute atomic E-state index is 0.635. The Morgan fingerprint density at radius 3 is 2.14 bits per heavy atom. The van der Waals surface area contributed by atoms with Crippen LogP contribution in [0.2, 0.25) is 4.47 Å². The second kappa shape index (κ2) is 3.21. The molecule has 0 atom stereocenters. The SMILES string of the molecule is Cc1c(C)c(C)c2sc(Cl)nc2c1C. The van der Waals surface area contributed by atoms with E-state index in [1.807, 2.05) is 0 Å². The van der Waals surface area contributed by atoms with E-state index in [2.05, 4.69) is 32.7 Å². The molecule has 0 aliphatic heterocycles. The van der Waals surface area contributed by atoms with Crippen LogP contribution in [0, 0.1) is 27.7 Å². The molecule has 2 aromatic rings. The molecule has 0 saturated carbocycles. The average molecular weight is 226 g/mol. The summed E-state index contributed by atoms with van der Waals surface area (Å²) in [6, 6.07) is 0. The molecule has 0 saturated heterocycles. The number of aromatic nitrogens is 1. The average Bonchev–Trinajstić information content (AvgIpc) is 2.54. The van der Waals surface area contributed by atoms with Gasteiger partial charge in [-0.15, -0.1) is 11.3 Å². The number of fused-ring (bicyclic) bond motifs is 1. The quantitative estimate of drug-likeness (QED) is 0.656. The molecule has 0 amide bonds. The summed E-state index contributed by atoms with van der Waals surface area (Å²) in [6.07, 6.45) is 0. The van der Waals surface area contributed by atoms with E-state index in [4.69, 9.17) is 11.6 Å². The van der Waals surface area contributed by atoms with Gasteiger partial charge in [-0.1, -0.05) is 11.6 Å². The molecule has 0 radical (unpaired) electrons. The van der Waals surface area contributed by atoms with Crippen molar-refractivity contribution >= 4 is 33.2 Å². The largest absolute Gasteiger partial charge is 0.225 e. The smallest absolute Gasteiger partial charge is 0.184 e. The second-order valence-corrected chi connectivity index (χ2v) is 5.23. The van der Waals surface area contributed by atoms with Gasteiger partial charge in [0.15, 0.2) is 4.47 Å². The molecule has 0 aliphatic rings. The van der Waals surface area contributed by atoms with E-state index in [1.54, 1.807) is 11.3 Å². The molecule has 0 N–H and O–H groups in total. The van der Waals surface area contributed by atoms with Crippen molar-refractivity contribution < 1.29 is 0 Å². The minimum atomic E-state index is 0.635. The van der Waals surface area contributed by atoms with Crippen LogP contribution in [-0.2, 0) is 0 Å². The number of aryl methyl sites for hydroxylation is 2. The maximum absolute atomic E-state index is 5.94. The van der Waals surface area contributed by atoms with Gasteiger partial charge in [-0.3, -0.25) is 0 Å². The van der Waals surface area contributed by atoms with Gasteiger partial charge in [0.25, 0.3) is 0 Å². The molecule has 1 nitrogen and oxygen atoms in total. The summed E-state index contributed by atoms with van der Waals surface area (Å²) in [5, 5.41) is 0. The molecule has 3 heteroatoms. The Hall–Kier alpha value is -0.600. The number of hydrogen-bond donors (Lipinski definition) is 0. The number of nitrogens with zero attached hydrogens (tertiary/aromatic N) is 1. The monoisotopic (exact) mass is 225 g/mol. The fraction of sp³-hybridized carbons (Fsp3) is 0.364. The number of hydrogen-bond acceptors (Lipinski definition) is 2. The van der Waals surface area contributed by atoms with Gasteiger partial charge in [0, 0.05) is 0 Å². The van der Waals surface area contributed by atoms with Crippen molar-refractivity contribution in [2.45, 2.75) is 27.7 Å². The molecule has 74 valence electrons. The van der Waals surface area contributed by atoms with Gasteiger partial charge >= 0.3 is 0 Å². The van der Waals surface area contributed by atoms with Crippen LogP contribution in [0.4, 0.5) is 0 Å². The van der Waals surface area contributed by atoms with Gasteiger partial charge in [-0.25, -0.2) is 4.98 Å². The second-order valence-electron chi connectivity index (χ2n) is 3.64. The highest BCUT2D eigenvalue weighted by Crippen LogP contribution is 2.34. The first-order valence-electron chi connectivity index (χ1n) is 4.54. The molecule has 0 fully saturated rings. The predicted molar refractivity (Wildman–Crippen MR) is 63.6 cm³/mol. The van der Waals surface area contributed by atoms with E-state index < -0.39 is 0 Å². The first-order chi connectivity index (χ1) is 6.52. The van der Waals surface area contributed by atoms with E-state index in [9.17, 15) is 0 Å². The fourth-order valence-corrected chi connectivity index (χ4v) is 2.94. The minimum Gasteiger partial charge on any atom is -0.225 e. The van der Waals surface area contributed by atoms with E-state index in [0.717, 1.165) is 5.52 Å². The number of halogens is 1. The van der Waals surface area contributed by atoms with E-state index in [0.29, 0.717) is 4.47 Å². The van der Waals surface area contributed by atoms with Gasteiger partial charge in [-0.05, 0) is 49.9 Å². The molecule has 1 heterocycles. The first-order valence-corrected chi connectivity index (χ1v) is 5.74. The Kier molecular flexibility index (Phi) is 2.28. The first kappa shape index (κ1) is 9.94. The molecule has 0 unspecified atom stereocenters. The number of thiazole rings is 1. The standard InChI is InChI=1S/C11H12ClNS/c1-5-6(2)8(4)10-9(7(5)3)13-11(12)14-10/h1-4H3. The van der Waals surface area contributed by atoms with E-state index in [-0.39, 0.29) is 0 Å². The molecule has 0 aliphatic carbocycles. The van der Waals surface area contributed by atoms with Crippen LogP contribution in [0.5, 0.6) is 0 Å². The van der Waals surface area contributed by atoms with Crippen LogP contribution >= 0.6 is 22.9 Å². The zero-order chi connectivity index (χ0) is 10.5. The van der Waals surface area contributed by atoms with Crippen molar-refractivity contribution in [2.75, 3.05) is 0 Å². The Balaban J connectivity index is 3.01. The van der Waals surface area contributed by atoms with E-state index >= 15 is 0 Å². The molecule has 14 heavy (non-hydrogen) atoms. The molecule has 0 bridgehead atoms. The van der Waals surface area contributed by atoms with Gasteiger partial charge in [0.05, 0.1) is 10.2 Å².